The number of rotatable bonds is 1. The van der Waals surface area contributed by atoms with Crippen molar-refractivity contribution in [1.29, 1.82) is 5.26 Å². The van der Waals surface area contributed by atoms with Crippen molar-refractivity contribution in [3.05, 3.63) is 0 Å². The van der Waals surface area contributed by atoms with Crippen molar-refractivity contribution >= 4 is 5.71 Å². The number of nitrogens with one attached hydrogen (secondary N) is 1. The Morgan fingerprint density at radius 3 is 3.30 bits per heavy atom. The van der Waals surface area contributed by atoms with E-state index < -0.39 is 0 Å². The maximum absolute atomic E-state index is 8.51. The Bertz CT molecular complexity index is 182. The molecule has 4 nitrogen and oxygen atoms in total. The lowest BCUT2D eigenvalue weighted by atomic mass is 10.2. The molecule has 0 aromatic heterocycles. The van der Waals surface area contributed by atoms with Gasteiger partial charge >= 0.3 is 0 Å². The van der Waals surface area contributed by atoms with Gasteiger partial charge in [-0.2, -0.15) is 5.26 Å². The van der Waals surface area contributed by atoms with Gasteiger partial charge in [0.2, 0.25) is 0 Å². The van der Waals surface area contributed by atoms with Crippen molar-refractivity contribution in [3.8, 4) is 6.07 Å². The SMILES string of the molecule is CON=C1CCNC1C#N. The zero-order valence-corrected chi connectivity index (χ0v) is 5.79. The molecular weight excluding hydrogens is 130 g/mol. The van der Waals surface area contributed by atoms with E-state index in [9.17, 15) is 0 Å². The Morgan fingerprint density at radius 1 is 1.90 bits per heavy atom. The molecule has 0 radical (unpaired) electrons. The molecule has 0 amide bonds. The summed E-state index contributed by atoms with van der Waals surface area (Å²) in [6, 6.07) is 1.84. The van der Waals surface area contributed by atoms with Crippen molar-refractivity contribution in [3.63, 3.8) is 0 Å². The highest BCUT2D eigenvalue weighted by Gasteiger charge is 2.21. The fourth-order valence-corrected chi connectivity index (χ4v) is 0.942. The van der Waals surface area contributed by atoms with Crippen molar-refractivity contribution in [2.75, 3.05) is 13.7 Å². The van der Waals surface area contributed by atoms with Gasteiger partial charge in [-0.05, 0) is 0 Å². The highest BCUT2D eigenvalue weighted by molar-refractivity contribution is 5.93. The predicted molar refractivity (Wildman–Crippen MR) is 36.5 cm³/mol. The van der Waals surface area contributed by atoms with E-state index in [2.05, 4.69) is 21.4 Å². The average Bonchev–Trinajstić information content (AvgIpc) is 2.36. The van der Waals surface area contributed by atoms with E-state index in [1.165, 1.54) is 7.11 Å². The van der Waals surface area contributed by atoms with Gasteiger partial charge in [0.1, 0.15) is 13.2 Å². The van der Waals surface area contributed by atoms with Crippen LogP contribution in [-0.2, 0) is 4.84 Å². The van der Waals surface area contributed by atoms with Gasteiger partial charge in [0.25, 0.3) is 0 Å². The molecule has 1 fully saturated rings. The maximum Gasteiger partial charge on any atom is 0.137 e. The van der Waals surface area contributed by atoms with Crippen molar-refractivity contribution < 1.29 is 4.84 Å². The number of hydrogen-bond donors (Lipinski definition) is 1. The largest absolute Gasteiger partial charge is 0.399 e. The first-order valence-electron chi connectivity index (χ1n) is 3.11. The molecule has 1 aliphatic heterocycles. The number of oxime groups is 1. The predicted octanol–water partition coefficient (Wildman–Crippen LogP) is -0.126. The Morgan fingerprint density at radius 2 is 2.70 bits per heavy atom. The zero-order chi connectivity index (χ0) is 7.40. The van der Waals surface area contributed by atoms with Crippen LogP contribution in [0, 0.1) is 11.3 Å². The summed E-state index contributed by atoms with van der Waals surface area (Å²) in [6.45, 7) is 0.820. The Labute approximate surface area is 59.5 Å². The monoisotopic (exact) mass is 139 g/mol. The smallest absolute Gasteiger partial charge is 0.137 e. The number of nitriles is 1. The van der Waals surface area contributed by atoms with Crippen molar-refractivity contribution in [2.24, 2.45) is 5.16 Å². The van der Waals surface area contributed by atoms with Crippen LogP contribution >= 0.6 is 0 Å². The molecule has 0 spiro atoms. The molecular formula is C6H9N3O. The lowest BCUT2D eigenvalue weighted by Gasteiger charge is -1.97. The summed E-state index contributed by atoms with van der Waals surface area (Å²) in [7, 11) is 1.49. The van der Waals surface area contributed by atoms with Crippen LogP contribution in [0.3, 0.4) is 0 Å². The molecule has 1 unspecified atom stereocenters. The standard InChI is InChI=1S/C6H9N3O/c1-10-9-5-2-3-8-6(5)4-7/h6,8H,2-3H2,1H3. The first-order chi connectivity index (χ1) is 4.88. The second-order valence-electron chi connectivity index (χ2n) is 2.03. The van der Waals surface area contributed by atoms with Gasteiger partial charge in [-0.15, -0.1) is 0 Å². The number of hydrogen-bond acceptors (Lipinski definition) is 4. The summed E-state index contributed by atoms with van der Waals surface area (Å²) >= 11 is 0. The summed E-state index contributed by atoms with van der Waals surface area (Å²) in [4.78, 5) is 4.55. The summed E-state index contributed by atoms with van der Waals surface area (Å²) in [5.74, 6) is 0. The highest BCUT2D eigenvalue weighted by atomic mass is 16.6. The van der Waals surface area contributed by atoms with Crippen LogP contribution in [0.15, 0.2) is 5.16 Å². The molecule has 10 heavy (non-hydrogen) atoms. The van der Waals surface area contributed by atoms with Crippen molar-refractivity contribution in [1.82, 2.24) is 5.32 Å². The van der Waals surface area contributed by atoms with Crippen LogP contribution in [0.4, 0.5) is 0 Å². The fourth-order valence-electron chi connectivity index (χ4n) is 0.942. The van der Waals surface area contributed by atoms with E-state index in [-0.39, 0.29) is 6.04 Å². The average molecular weight is 139 g/mol. The summed E-state index contributed by atoms with van der Waals surface area (Å²) in [5, 5.41) is 15.2. The molecule has 0 aliphatic carbocycles. The molecule has 1 rings (SSSR count). The molecule has 54 valence electrons. The van der Waals surface area contributed by atoms with Gasteiger partial charge < -0.3 is 4.84 Å². The van der Waals surface area contributed by atoms with Gasteiger partial charge in [-0.25, -0.2) is 0 Å². The van der Waals surface area contributed by atoms with Crippen LogP contribution in [0.2, 0.25) is 0 Å². The van der Waals surface area contributed by atoms with Crippen LogP contribution < -0.4 is 5.32 Å². The van der Waals surface area contributed by atoms with Crippen LogP contribution in [0.5, 0.6) is 0 Å². The molecule has 1 N–H and O–H groups in total. The second-order valence-corrected chi connectivity index (χ2v) is 2.03. The Kier molecular flexibility index (Phi) is 2.24. The zero-order valence-electron chi connectivity index (χ0n) is 5.79. The summed E-state index contributed by atoms with van der Waals surface area (Å²) in [6.07, 6.45) is 0.812. The van der Waals surface area contributed by atoms with Gasteiger partial charge in [-0.3, -0.25) is 5.32 Å². The van der Waals surface area contributed by atoms with Gasteiger partial charge in [-0.1, -0.05) is 5.16 Å². The minimum absolute atomic E-state index is 0.236. The minimum atomic E-state index is -0.236. The highest BCUT2D eigenvalue weighted by Crippen LogP contribution is 2.01. The molecule has 0 aromatic rings. The molecule has 1 atom stereocenters. The third kappa shape index (κ3) is 1.25. The summed E-state index contributed by atoms with van der Waals surface area (Å²) in [5.41, 5.74) is 0.796. The summed E-state index contributed by atoms with van der Waals surface area (Å²) < 4.78 is 0. The van der Waals surface area contributed by atoms with Gasteiger partial charge in [0, 0.05) is 13.0 Å². The molecule has 1 heterocycles. The van der Waals surface area contributed by atoms with Gasteiger partial charge in [0.15, 0.2) is 0 Å². The first-order valence-corrected chi connectivity index (χ1v) is 3.11. The first kappa shape index (κ1) is 7.03. The molecule has 1 saturated heterocycles. The third-order valence-electron chi connectivity index (χ3n) is 1.40. The van der Waals surface area contributed by atoms with Crippen molar-refractivity contribution in [2.45, 2.75) is 12.5 Å². The lowest BCUT2D eigenvalue weighted by Crippen LogP contribution is -2.24. The lowest BCUT2D eigenvalue weighted by molar-refractivity contribution is 0.212. The maximum atomic E-state index is 8.51. The van der Waals surface area contributed by atoms with Crippen LogP contribution in [0.1, 0.15) is 6.42 Å². The van der Waals surface area contributed by atoms with E-state index in [0.717, 1.165) is 18.7 Å². The van der Waals surface area contributed by atoms with Gasteiger partial charge in [0.05, 0.1) is 11.8 Å². The quantitative estimate of drug-likeness (QED) is 0.515. The topological polar surface area (TPSA) is 57.4 Å². The third-order valence-corrected chi connectivity index (χ3v) is 1.40. The van der Waals surface area contributed by atoms with E-state index in [1.807, 2.05) is 0 Å². The van der Waals surface area contributed by atoms with Crippen LogP contribution in [0.25, 0.3) is 0 Å². The Hall–Kier alpha value is -1.08. The molecule has 4 heteroatoms. The van der Waals surface area contributed by atoms with E-state index in [0.29, 0.717) is 0 Å². The fraction of sp³-hybridized carbons (Fsp3) is 0.667. The molecule has 0 bridgehead atoms. The van der Waals surface area contributed by atoms with E-state index in [1.54, 1.807) is 0 Å². The molecule has 1 aliphatic rings. The van der Waals surface area contributed by atoms with Crippen LogP contribution in [-0.4, -0.2) is 25.4 Å². The van der Waals surface area contributed by atoms with E-state index in [4.69, 9.17) is 5.26 Å². The Balaban J connectivity index is 2.60. The molecule has 0 aromatic carbocycles. The normalized spacial score (nSPS) is 28.4. The van der Waals surface area contributed by atoms with E-state index >= 15 is 0 Å². The second kappa shape index (κ2) is 3.18. The number of nitrogens with zero attached hydrogens (tertiary/aromatic N) is 2. The molecule has 0 saturated carbocycles. The minimum Gasteiger partial charge on any atom is -0.399 e.